The van der Waals surface area contributed by atoms with E-state index in [4.69, 9.17) is 5.73 Å². The molecule has 2 aliphatic rings. The Hall–Kier alpha value is -0.0800. The molecule has 2 heteroatoms. The minimum absolute atomic E-state index is 0.257. The normalized spacial score (nSPS) is 32.6. The van der Waals surface area contributed by atoms with Crippen LogP contribution in [0.25, 0.3) is 0 Å². The summed E-state index contributed by atoms with van der Waals surface area (Å²) in [6, 6.07) is 0.818. The number of rotatable bonds is 3. The second-order valence-corrected chi connectivity index (χ2v) is 5.38. The fraction of sp³-hybridized carbons (Fsp3) is 1.00. The van der Waals surface area contributed by atoms with Crippen LogP contribution in [0.3, 0.4) is 0 Å². The Morgan fingerprint density at radius 2 is 2.07 bits per heavy atom. The number of nitrogens with two attached hydrogens (primary N) is 1. The summed E-state index contributed by atoms with van der Waals surface area (Å²) >= 11 is 0. The lowest BCUT2D eigenvalue weighted by atomic mass is 10.0. The Bertz CT molecular complexity index is 187. The molecule has 2 N–H and O–H groups in total. The van der Waals surface area contributed by atoms with Gasteiger partial charge in [-0.2, -0.15) is 0 Å². The van der Waals surface area contributed by atoms with Crippen molar-refractivity contribution >= 4 is 0 Å². The average Bonchev–Trinajstić information content (AvgIpc) is 2.90. The Morgan fingerprint density at radius 1 is 1.29 bits per heavy atom. The summed E-state index contributed by atoms with van der Waals surface area (Å²) < 4.78 is 0. The fourth-order valence-electron chi connectivity index (χ4n) is 2.55. The molecule has 0 aromatic rings. The topological polar surface area (TPSA) is 29.3 Å². The van der Waals surface area contributed by atoms with Gasteiger partial charge in [0.15, 0.2) is 0 Å². The van der Waals surface area contributed by atoms with Crippen molar-refractivity contribution in [3.8, 4) is 0 Å². The van der Waals surface area contributed by atoms with Crippen molar-refractivity contribution in [3.05, 3.63) is 0 Å². The Balaban J connectivity index is 1.76. The van der Waals surface area contributed by atoms with E-state index in [2.05, 4.69) is 11.9 Å². The molecule has 0 amide bonds. The minimum atomic E-state index is 0.257. The summed E-state index contributed by atoms with van der Waals surface area (Å²) in [6.07, 6.45) is 10.7. The van der Waals surface area contributed by atoms with Gasteiger partial charge in [-0.15, -0.1) is 0 Å². The van der Waals surface area contributed by atoms with E-state index in [0.717, 1.165) is 6.04 Å². The molecular formula is C12H24N2. The maximum atomic E-state index is 6.13. The highest BCUT2D eigenvalue weighted by atomic mass is 15.1. The van der Waals surface area contributed by atoms with E-state index < -0.39 is 0 Å². The van der Waals surface area contributed by atoms with E-state index in [9.17, 15) is 0 Å². The molecule has 1 saturated carbocycles. The molecule has 1 saturated heterocycles. The number of hydrogen-bond acceptors (Lipinski definition) is 2. The molecule has 0 aromatic carbocycles. The van der Waals surface area contributed by atoms with Gasteiger partial charge in [0, 0.05) is 11.6 Å². The number of likely N-dealkylation sites (tertiary alicyclic amines) is 1. The molecule has 0 aromatic heterocycles. The SMILES string of the molecule is CN1CCCCCC1CCC1(N)CC1. The first-order valence-electron chi connectivity index (χ1n) is 6.19. The molecule has 1 unspecified atom stereocenters. The smallest absolute Gasteiger partial charge is 0.0156 e. The third-order valence-electron chi connectivity index (χ3n) is 4.04. The predicted octanol–water partition coefficient (Wildman–Crippen LogP) is 2.13. The third kappa shape index (κ3) is 2.71. The van der Waals surface area contributed by atoms with Gasteiger partial charge in [-0.1, -0.05) is 12.8 Å². The molecule has 2 fully saturated rings. The zero-order valence-electron chi connectivity index (χ0n) is 9.47. The largest absolute Gasteiger partial charge is 0.325 e. The van der Waals surface area contributed by atoms with Crippen LogP contribution in [0.1, 0.15) is 51.4 Å². The quantitative estimate of drug-likeness (QED) is 0.749. The molecule has 82 valence electrons. The molecule has 14 heavy (non-hydrogen) atoms. The lowest BCUT2D eigenvalue weighted by Gasteiger charge is -2.26. The van der Waals surface area contributed by atoms with Crippen molar-refractivity contribution in [2.45, 2.75) is 62.9 Å². The molecule has 0 spiro atoms. The number of hydrogen-bond donors (Lipinski definition) is 1. The van der Waals surface area contributed by atoms with Crippen LogP contribution in [0, 0.1) is 0 Å². The van der Waals surface area contributed by atoms with Crippen LogP contribution < -0.4 is 5.73 Å². The summed E-state index contributed by atoms with van der Waals surface area (Å²) in [5.74, 6) is 0. The van der Waals surface area contributed by atoms with Crippen LogP contribution in [0.4, 0.5) is 0 Å². The lowest BCUT2D eigenvalue weighted by Crippen LogP contribution is -2.33. The first-order chi connectivity index (χ1) is 6.70. The predicted molar refractivity (Wildman–Crippen MR) is 60.3 cm³/mol. The summed E-state index contributed by atoms with van der Waals surface area (Å²) in [5, 5.41) is 0. The van der Waals surface area contributed by atoms with E-state index in [0.29, 0.717) is 0 Å². The lowest BCUT2D eigenvalue weighted by molar-refractivity contribution is 0.226. The van der Waals surface area contributed by atoms with Crippen molar-refractivity contribution in [1.29, 1.82) is 0 Å². The van der Waals surface area contributed by atoms with Crippen molar-refractivity contribution in [2.75, 3.05) is 13.6 Å². The second-order valence-electron chi connectivity index (χ2n) is 5.38. The van der Waals surface area contributed by atoms with Gasteiger partial charge in [-0.05, 0) is 52.1 Å². The molecular weight excluding hydrogens is 172 g/mol. The first kappa shape index (κ1) is 10.4. The third-order valence-corrected chi connectivity index (χ3v) is 4.04. The van der Waals surface area contributed by atoms with Crippen LogP contribution in [0.2, 0.25) is 0 Å². The van der Waals surface area contributed by atoms with Gasteiger partial charge in [-0.3, -0.25) is 0 Å². The van der Waals surface area contributed by atoms with Crippen LogP contribution >= 0.6 is 0 Å². The number of nitrogens with zero attached hydrogens (tertiary/aromatic N) is 1. The van der Waals surface area contributed by atoms with Crippen LogP contribution in [-0.2, 0) is 0 Å². The molecule has 0 bridgehead atoms. The monoisotopic (exact) mass is 196 g/mol. The standard InChI is InChI=1S/C12H24N2/c1-14-10-4-2-3-5-11(14)6-7-12(13)8-9-12/h11H,2-10,13H2,1H3. The van der Waals surface area contributed by atoms with Gasteiger partial charge in [0.25, 0.3) is 0 Å². The molecule has 1 heterocycles. The Labute approximate surface area is 87.8 Å². The second kappa shape index (κ2) is 4.19. The molecule has 1 aliphatic heterocycles. The summed E-state index contributed by atoms with van der Waals surface area (Å²) in [4.78, 5) is 2.55. The van der Waals surface area contributed by atoms with E-state index >= 15 is 0 Å². The van der Waals surface area contributed by atoms with E-state index in [1.807, 2.05) is 0 Å². The van der Waals surface area contributed by atoms with Crippen LogP contribution in [-0.4, -0.2) is 30.1 Å². The molecule has 2 nitrogen and oxygen atoms in total. The van der Waals surface area contributed by atoms with E-state index in [-0.39, 0.29) is 5.54 Å². The molecule has 0 radical (unpaired) electrons. The van der Waals surface area contributed by atoms with Crippen molar-refractivity contribution in [3.63, 3.8) is 0 Å². The van der Waals surface area contributed by atoms with Crippen molar-refractivity contribution in [2.24, 2.45) is 5.73 Å². The molecule has 1 aliphatic carbocycles. The highest BCUT2D eigenvalue weighted by molar-refractivity contribution is 4.99. The summed E-state index contributed by atoms with van der Waals surface area (Å²) in [7, 11) is 2.28. The first-order valence-corrected chi connectivity index (χ1v) is 6.19. The minimum Gasteiger partial charge on any atom is -0.325 e. The van der Waals surface area contributed by atoms with Gasteiger partial charge in [0.2, 0.25) is 0 Å². The zero-order valence-corrected chi connectivity index (χ0v) is 9.47. The molecule has 2 rings (SSSR count). The fourth-order valence-corrected chi connectivity index (χ4v) is 2.55. The summed E-state index contributed by atoms with van der Waals surface area (Å²) in [6.45, 7) is 1.29. The Kier molecular flexibility index (Phi) is 3.13. The zero-order chi connectivity index (χ0) is 10.0. The van der Waals surface area contributed by atoms with Gasteiger partial charge in [0.1, 0.15) is 0 Å². The maximum Gasteiger partial charge on any atom is 0.0156 e. The van der Waals surface area contributed by atoms with Gasteiger partial charge in [0.05, 0.1) is 0 Å². The van der Waals surface area contributed by atoms with Gasteiger partial charge < -0.3 is 10.6 Å². The van der Waals surface area contributed by atoms with Crippen LogP contribution in [0.5, 0.6) is 0 Å². The summed E-state index contributed by atoms with van der Waals surface area (Å²) in [5.41, 5.74) is 6.39. The highest BCUT2D eigenvalue weighted by Crippen LogP contribution is 2.37. The van der Waals surface area contributed by atoms with Gasteiger partial charge >= 0.3 is 0 Å². The Morgan fingerprint density at radius 3 is 2.79 bits per heavy atom. The average molecular weight is 196 g/mol. The van der Waals surface area contributed by atoms with Crippen molar-refractivity contribution < 1.29 is 0 Å². The van der Waals surface area contributed by atoms with Crippen molar-refractivity contribution in [1.82, 2.24) is 4.90 Å². The van der Waals surface area contributed by atoms with Crippen LogP contribution in [0.15, 0.2) is 0 Å². The maximum absolute atomic E-state index is 6.13. The van der Waals surface area contributed by atoms with E-state index in [1.54, 1.807) is 0 Å². The van der Waals surface area contributed by atoms with E-state index in [1.165, 1.54) is 57.9 Å². The molecule has 1 atom stereocenters. The highest BCUT2D eigenvalue weighted by Gasteiger charge is 2.38. The van der Waals surface area contributed by atoms with Gasteiger partial charge in [-0.25, -0.2) is 0 Å².